The second-order valence-electron chi connectivity index (χ2n) is 4.80. The van der Waals surface area contributed by atoms with E-state index in [4.69, 9.17) is 4.84 Å². The molecule has 1 amide bonds. The van der Waals surface area contributed by atoms with E-state index in [-0.39, 0.29) is 18.2 Å². The summed E-state index contributed by atoms with van der Waals surface area (Å²) in [6.45, 7) is 1.44. The maximum atomic E-state index is 11.8. The summed E-state index contributed by atoms with van der Waals surface area (Å²) in [4.78, 5) is 28.7. The van der Waals surface area contributed by atoms with Crippen molar-refractivity contribution in [3.63, 3.8) is 0 Å². The number of carbonyl (C=O) groups excluding carboxylic acids is 1. The van der Waals surface area contributed by atoms with E-state index in [1.54, 1.807) is 17.0 Å². The van der Waals surface area contributed by atoms with Crippen LogP contribution in [0.3, 0.4) is 0 Å². The van der Waals surface area contributed by atoms with Crippen molar-refractivity contribution in [3.05, 3.63) is 39.9 Å². The summed E-state index contributed by atoms with van der Waals surface area (Å²) in [5.74, 6) is -0.0779. The van der Waals surface area contributed by atoms with Crippen LogP contribution in [0.2, 0.25) is 0 Å². The van der Waals surface area contributed by atoms with Gasteiger partial charge in [0.05, 0.1) is 11.1 Å². The summed E-state index contributed by atoms with van der Waals surface area (Å²) in [5.41, 5.74) is 0.540. The average molecular weight is 291 g/mol. The van der Waals surface area contributed by atoms with Crippen LogP contribution in [-0.2, 0) is 9.63 Å². The van der Waals surface area contributed by atoms with Crippen LogP contribution in [0.4, 0.5) is 5.69 Å². The molecule has 0 saturated carbocycles. The standard InChI is InChI=1S/C14H17N3O4/c18-14(16-7-2-1-3-8-16)11-21-15-10-12-5-4-6-13(9-12)17(19)20/h4-6,9-10H,1-3,7-8,11H2/b15-10+. The Kier molecular flexibility index (Phi) is 5.25. The molecule has 0 N–H and O–H groups in total. The van der Waals surface area contributed by atoms with Crippen molar-refractivity contribution < 1.29 is 14.6 Å². The molecule has 0 bridgehead atoms. The monoisotopic (exact) mass is 291 g/mol. The van der Waals surface area contributed by atoms with E-state index >= 15 is 0 Å². The van der Waals surface area contributed by atoms with Crippen molar-refractivity contribution in [2.24, 2.45) is 5.16 Å². The third-order valence-corrected chi connectivity index (χ3v) is 3.25. The Bertz CT molecular complexity index is 539. The van der Waals surface area contributed by atoms with Crippen LogP contribution in [0.1, 0.15) is 24.8 Å². The van der Waals surface area contributed by atoms with Gasteiger partial charge in [-0.2, -0.15) is 0 Å². The first-order valence-electron chi connectivity index (χ1n) is 6.84. The predicted octanol–water partition coefficient (Wildman–Crippen LogP) is 1.96. The van der Waals surface area contributed by atoms with Gasteiger partial charge >= 0.3 is 0 Å². The van der Waals surface area contributed by atoms with Crippen LogP contribution in [-0.4, -0.2) is 41.6 Å². The van der Waals surface area contributed by atoms with Crippen molar-refractivity contribution >= 4 is 17.8 Å². The number of nitro groups is 1. The fraction of sp³-hybridized carbons (Fsp3) is 0.429. The first-order valence-corrected chi connectivity index (χ1v) is 6.84. The Morgan fingerprint density at radius 2 is 2.14 bits per heavy atom. The van der Waals surface area contributed by atoms with Gasteiger partial charge in [-0.1, -0.05) is 17.3 Å². The van der Waals surface area contributed by atoms with E-state index < -0.39 is 4.92 Å². The van der Waals surface area contributed by atoms with Gasteiger partial charge in [0.25, 0.3) is 11.6 Å². The molecule has 1 heterocycles. The second-order valence-corrected chi connectivity index (χ2v) is 4.80. The summed E-state index contributed by atoms with van der Waals surface area (Å²) in [5, 5.41) is 14.3. The third-order valence-electron chi connectivity index (χ3n) is 3.25. The molecule has 1 aliphatic heterocycles. The minimum Gasteiger partial charge on any atom is -0.386 e. The van der Waals surface area contributed by atoms with Gasteiger partial charge in [-0.15, -0.1) is 0 Å². The quantitative estimate of drug-likeness (QED) is 0.471. The number of piperidine rings is 1. The average Bonchev–Trinajstić information content (AvgIpc) is 2.52. The highest BCUT2D eigenvalue weighted by Gasteiger charge is 2.16. The van der Waals surface area contributed by atoms with Crippen LogP contribution in [0.5, 0.6) is 0 Å². The number of carbonyl (C=O) groups is 1. The van der Waals surface area contributed by atoms with Gasteiger partial charge in [-0.25, -0.2) is 0 Å². The molecule has 0 aromatic heterocycles. The zero-order valence-corrected chi connectivity index (χ0v) is 11.6. The number of benzene rings is 1. The summed E-state index contributed by atoms with van der Waals surface area (Å²) >= 11 is 0. The molecule has 7 heteroatoms. The molecule has 1 aliphatic rings. The maximum Gasteiger partial charge on any atom is 0.270 e. The molecule has 0 atom stereocenters. The molecular weight excluding hydrogens is 274 g/mol. The molecule has 1 aromatic rings. The van der Waals surface area contributed by atoms with E-state index in [9.17, 15) is 14.9 Å². The molecule has 2 rings (SSSR count). The van der Waals surface area contributed by atoms with Crippen LogP contribution < -0.4 is 0 Å². The van der Waals surface area contributed by atoms with Gasteiger partial charge < -0.3 is 9.74 Å². The lowest BCUT2D eigenvalue weighted by molar-refractivity contribution is -0.384. The SMILES string of the molecule is O=C(CO/N=C/c1cccc([N+](=O)[O-])c1)N1CCCCC1. The fourth-order valence-corrected chi connectivity index (χ4v) is 2.14. The molecule has 1 fully saturated rings. The van der Waals surface area contributed by atoms with Crippen molar-refractivity contribution in [1.82, 2.24) is 4.90 Å². The zero-order chi connectivity index (χ0) is 15.1. The normalized spacial score (nSPS) is 15.1. The Morgan fingerprint density at radius 3 is 2.86 bits per heavy atom. The molecule has 21 heavy (non-hydrogen) atoms. The minimum atomic E-state index is -0.474. The Morgan fingerprint density at radius 1 is 1.38 bits per heavy atom. The molecule has 7 nitrogen and oxygen atoms in total. The number of hydrogen-bond donors (Lipinski definition) is 0. The molecular formula is C14H17N3O4. The number of oxime groups is 1. The highest BCUT2D eigenvalue weighted by molar-refractivity contribution is 5.80. The van der Waals surface area contributed by atoms with Crippen LogP contribution >= 0.6 is 0 Å². The van der Waals surface area contributed by atoms with Gasteiger partial charge in [-0.05, 0) is 19.3 Å². The lowest BCUT2D eigenvalue weighted by atomic mass is 10.1. The molecule has 112 valence electrons. The van der Waals surface area contributed by atoms with E-state index in [0.717, 1.165) is 32.4 Å². The molecule has 0 radical (unpaired) electrons. The van der Waals surface area contributed by atoms with Crippen molar-refractivity contribution in [1.29, 1.82) is 0 Å². The van der Waals surface area contributed by atoms with Crippen molar-refractivity contribution in [3.8, 4) is 0 Å². The maximum absolute atomic E-state index is 11.8. The minimum absolute atomic E-state index is 0.0108. The molecule has 0 unspecified atom stereocenters. The van der Waals surface area contributed by atoms with E-state index in [0.29, 0.717) is 5.56 Å². The number of non-ortho nitro benzene ring substituents is 1. The first kappa shape index (κ1) is 15.0. The zero-order valence-electron chi connectivity index (χ0n) is 11.6. The summed E-state index contributed by atoms with van der Waals surface area (Å²) in [7, 11) is 0. The first-order chi connectivity index (χ1) is 10.2. The van der Waals surface area contributed by atoms with Gasteiger partial charge in [0, 0.05) is 30.8 Å². The van der Waals surface area contributed by atoms with Gasteiger partial charge in [-0.3, -0.25) is 14.9 Å². The largest absolute Gasteiger partial charge is 0.386 e. The van der Waals surface area contributed by atoms with Gasteiger partial charge in [0.1, 0.15) is 0 Å². The molecule has 0 aliphatic carbocycles. The Balaban J connectivity index is 1.81. The Labute approximate surface area is 122 Å². The lowest BCUT2D eigenvalue weighted by Crippen LogP contribution is -2.37. The van der Waals surface area contributed by atoms with Gasteiger partial charge in [0.15, 0.2) is 6.61 Å². The second kappa shape index (κ2) is 7.37. The van der Waals surface area contributed by atoms with Crippen molar-refractivity contribution in [2.75, 3.05) is 19.7 Å². The molecule has 1 aromatic carbocycles. The predicted molar refractivity (Wildman–Crippen MR) is 77.1 cm³/mol. The highest BCUT2D eigenvalue weighted by atomic mass is 16.6. The summed E-state index contributed by atoms with van der Waals surface area (Å²) in [6, 6.07) is 6.03. The van der Waals surface area contributed by atoms with Crippen LogP contribution in [0, 0.1) is 10.1 Å². The number of amides is 1. The smallest absolute Gasteiger partial charge is 0.270 e. The van der Waals surface area contributed by atoms with E-state index in [2.05, 4.69) is 5.16 Å². The molecule has 0 spiro atoms. The highest BCUT2D eigenvalue weighted by Crippen LogP contribution is 2.11. The fourth-order valence-electron chi connectivity index (χ4n) is 2.14. The van der Waals surface area contributed by atoms with Crippen LogP contribution in [0.15, 0.2) is 29.4 Å². The van der Waals surface area contributed by atoms with Crippen molar-refractivity contribution in [2.45, 2.75) is 19.3 Å². The van der Waals surface area contributed by atoms with E-state index in [1.807, 2.05) is 0 Å². The number of nitro benzene ring substituents is 1. The van der Waals surface area contributed by atoms with Gasteiger partial charge in [0.2, 0.25) is 0 Å². The number of rotatable bonds is 5. The number of nitrogens with zero attached hydrogens (tertiary/aromatic N) is 3. The third kappa shape index (κ3) is 4.55. The van der Waals surface area contributed by atoms with Crippen LogP contribution in [0.25, 0.3) is 0 Å². The summed E-state index contributed by atoms with van der Waals surface area (Å²) < 4.78 is 0. The summed E-state index contributed by atoms with van der Waals surface area (Å²) in [6.07, 6.45) is 4.58. The number of hydrogen-bond acceptors (Lipinski definition) is 5. The Hall–Kier alpha value is -2.44. The van der Waals surface area contributed by atoms with E-state index in [1.165, 1.54) is 18.3 Å². The molecule has 1 saturated heterocycles. The number of likely N-dealkylation sites (tertiary alicyclic amines) is 1. The lowest BCUT2D eigenvalue weighted by Gasteiger charge is -2.25. The topological polar surface area (TPSA) is 85.0 Å².